The predicted octanol–water partition coefficient (Wildman–Crippen LogP) is 3.80. The Hall–Kier alpha value is -2.31. The van der Waals surface area contributed by atoms with Crippen molar-refractivity contribution >= 4 is 6.29 Å². The molecule has 0 radical (unpaired) electrons. The second kappa shape index (κ2) is 4.75. The van der Waals surface area contributed by atoms with Crippen LogP contribution in [0.25, 0.3) is 11.3 Å². The number of ether oxygens (including phenoxy) is 1. The molecule has 0 saturated heterocycles. The van der Waals surface area contributed by atoms with Crippen molar-refractivity contribution in [3.63, 3.8) is 0 Å². The molecule has 0 aliphatic carbocycles. The van der Waals surface area contributed by atoms with E-state index in [1.54, 1.807) is 0 Å². The van der Waals surface area contributed by atoms with Gasteiger partial charge in [-0.3, -0.25) is 4.79 Å². The minimum atomic E-state index is -4.87. The van der Waals surface area contributed by atoms with Gasteiger partial charge in [0.2, 0.25) is 0 Å². The highest BCUT2D eigenvalue weighted by atomic mass is 19.4. The Morgan fingerprint density at radius 1 is 1.16 bits per heavy atom. The molecule has 100 valence electrons. The first-order valence-electron chi connectivity index (χ1n) is 5.00. The summed E-state index contributed by atoms with van der Waals surface area (Å²) >= 11 is 0. The van der Waals surface area contributed by atoms with Crippen molar-refractivity contribution in [1.29, 1.82) is 0 Å². The fourth-order valence-electron chi connectivity index (χ4n) is 1.45. The summed E-state index contributed by atoms with van der Waals surface area (Å²) < 4.78 is 58.3. The molecule has 0 saturated carbocycles. The van der Waals surface area contributed by atoms with Crippen LogP contribution in [0.2, 0.25) is 0 Å². The van der Waals surface area contributed by atoms with Gasteiger partial charge >= 0.3 is 6.36 Å². The molecule has 2 rings (SSSR count). The molecule has 0 aliphatic rings. The van der Waals surface area contributed by atoms with E-state index in [0.717, 1.165) is 18.2 Å². The van der Waals surface area contributed by atoms with Crippen molar-refractivity contribution < 1.29 is 31.5 Å². The van der Waals surface area contributed by atoms with Crippen LogP contribution in [0.4, 0.5) is 17.6 Å². The van der Waals surface area contributed by atoms with Gasteiger partial charge in [-0.05, 0) is 30.3 Å². The zero-order valence-corrected chi connectivity index (χ0v) is 9.20. The maximum atomic E-state index is 13.5. The lowest BCUT2D eigenvalue weighted by atomic mass is 10.1. The first-order valence-corrected chi connectivity index (χ1v) is 5.00. The topological polar surface area (TPSA) is 39.4 Å². The van der Waals surface area contributed by atoms with E-state index >= 15 is 0 Å². The van der Waals surface area contributed by atoms with Crippen LogP contribution in [-0.2, 0) is 0 Å². The first-order chi connectivity index (χ1) is 8.89. The number of aldehydes is 1. The minimum absolute atomic E-state index is 0.0588. The Balaban J connectivity index is 2.39. The Kier molecular flexibility index (Phi) is 3.28. The standard InChI is InChI=1S/C12H6F4O3/c13-10-3-1-7(19-12(14,15)16)5-9(10)11-4-2-8(6-17)18-11/h1-6H. The number of halogens is 4. The molecule has 3 nitrogen and oxygen atoms in total. The normalized spacial score (nSPS) is 11.4. The highest BCUT2D eigenvalue weighted by Crippen LogP contribution is 2.30. The summed E-state index contributed by atoms with van der Waals surface area (Å²) in [6.45, 7) is 0. The van der Waals surface area contributed by atoms with Crippen molar-refractivity contribution in [2.75, 3.05) is 0 Å². The van der Waals surface area contributed by atoms with Crippen molar-refractivity contribution in [2.45, 2.75) is 6.36 Å². The van der Waals surface area contributed by atoms with E-state index < -0.39 is 17.9 Å². The third kappa shape index (κ3) is 3.12. The molecule has 0 aliphatic heterocycles. The Bertz CT molecular complexity index is 601. The number of carbonyl (C=O) groups excluding carboxylic acids is 1. The molecule has 0 N–H and O–H groups in total. The van der Waals surface area contributed by atoms with E-state index in [1.165, 1.54) is 12.1 Å². The van der Waals surface area contributed by atoms with Crippen LogP contribution >= 0.6 is 0 Å². The molecule has 1 aromatic heterocycles. The number of benzene rings is 1. The number of furan rings is 1. The number of hydrogen-bond donors (Lipinski definition) is 0. The summed E-state index contributed by atoms with van der Waals surface area (Å²) in [6.07, 6.45) is -4.47. The lowest BCUT2D eigenvalue weighted by molar-refractivity contribution is -0.274. The molecule has 0 unspecified atom stereocenters. The van der Waals surface area contributed by atoms with E-state index in [1.807, 2.05) is 0 Å². The lowest BCUT2D eigenvalue weighted by Crippen LogP contribution is -2.17. The zero-order chi connectivity index (χ0) is 14.0. The molecule has 0 bridgehead atoms. The van der Waals surface area contributed by atoms with Crippen LogP contribution in [0.5, 0.6) is 5.75 Å². The maximum Gasteiger partial charge on any atom is 0.573 e. The second-order valence-corrected chi connectivity index (χ2v) is 3.51. The summed E-state index contributed by atoms with van der Waals surface area (Å²) in [5, 5.41) is 0. The molecule has 0 atom stereocenters. The number of rotatable bonds is 3. The molecule has 7 heteroatoms. The van der Waals surface area contributed by atoms with Gasteiger partial charge in [0.25, 0.3) is 0 Å². The van der Waals surface area contributed by atoms with Gasteiger partial charge in [-0.15, -0.1) is 13.2 Å². The van der Waals surface area contributed by atoms with E-state index in [-0.39, 0.29) is 17.1 Å². The molecule has 0 spiro atoms. The molecule has 1 heterocycles. The van der Waals surface area contributed by atoms with Crippen LogP contribution in [0.3, 0.4) is 0 Å². The fraction of sp³-hybridized carbons (Fsp3) is 0.0833. The van der Waals surface area contributed by atoms with Gasteiger partial charge < -0.3 is 9.15 Å². The molecular weight excluding hydrogens is 268 g/mol. The number of carbonyl (C=O) groups is 1. The van der Waals surface area contributed by atoms with Crippen molar-refractivity contribution in [3.05, 3.63) is 41.9 Å². The van der Waals surface area contributed by atoms with Crippen LogP contribution in [0, 0.1) is 5.82 Å². The first kappa shape index (κ1) is 13.1. The largest absolute Gasteiger partial charge is 0.573 e. The van der Waals surface area contributed by atoms with E-state index in [4.69, 9.17) is 4.42 Å². The maximum absolute atomic E-state index is 13.5. The van der Waals surface area contributed by atoms with Crippen molar-refractivity contribution in [1.82, 2.24) is 0 Å². The fourth-order valence-corrected chi connectivity index (χ4v) is 1.45. The van der Waals surface area contributed by atoms with Crippen LogP contribution in [0.15, 0.2) is 34.7 Å². The summed E-state index contributed by atoms with van der Waals surface area (Å²) in [6, 6.07) is 5.06. The molecule has 19 heavy (non-hydrogen) atoms. The van der Waals surface area contributed by atoms with Crippen LogP contribution < -0.4 is 4.74 Å². The minimum Gasteiger partial charge on any atom is -0.453 e. The van der Waals surface area contributed by atoms with Gasteiger partial charge in [0, 0.05) is 0 Å². The third-order valence-electron chi connectivity index (χ3n) is 2.18. The summed E-state index contributed by atoms with van der Waals surface area (Å²) in [5.74, 6) is -1.49. The lowest BCUT2D eigenvalue weighted by Gasteiger charge is -2.09. The van der Waals surface area contributed by atoms with Gasteiger partial charge in [0.1, 0.15) is 17.3 Å². The highest BCUT2D eigenvalue weighted by Gasteiger charge is 2.31. The predicted molar refractivity (Wildman–Crippen MR) is 56.2 cm³/mol. The van der Waals surface area contributed by atoms with E-state index in [2.05, 4.69) is 4.74 Å². The molecular formula is C12H6F4O3. The molecule has 1 aromatic carbocycles. The monoisotopic (exact) mass is 274 g/mol. The highest BCUT2D eigenvalue weighted by molar-refractivity contribution is 5.73. The van der Waals surface area contributed by atoms with Crippen LogP contribution in [0.1, 0.15) is 10.6 Å². The average molecular weight is 274 g/mol. The van der Waals surface area contributed by atoms with E-state index in [0.29, 0.717) is 6.29 Å². The smallest absolute Gasteiger partial charge is 0.453 e. The van der Waals surface area contributed by atoms with E-state index in [9.17, 15) is 22.4 Å². The zero-order valence-electron chi connectivity index (χ0n) is 9.20. The Morgan fingerprint density at radius 2 is 1.89 bits per heavy atom. The SMILES string of the molecule is O=Cc1ccc(-c2cc(OC(F)(F)F)ccc2F)o1. The summed E-state index contributed by atoms with van der Waals surface area (Å²) in [4.78, 5) is 10.4. The Labute approximate surface area is 104 Å². The molecule has 0 amide bonds. The Morgan fingerprint density at radius 3 is 2.47 bits per heavy atom. The average Bonchev–Trinajstić information content (AvgIpc) is 2.78. The quantitative estimate of drug-likeness (QED) is 0.631. The van der Waals surface area contributed by atoms with Gasteiger partial charge in [-0.25, -0.2) is 4.39 Å². The van der Waals surface area contributed by atoms with Gasteiger partial charge in [-0.2, -0.15) is 0 Å². The van der Waals surface area contributed by atoms with Crippen molar-refractivity contribution in [3.8, 4) is 17.1 Å². The van der Waals surface area contributed by atoms with Gasteiger partial charge in [-0.1, -0.05) is 0 Å². The third-order valence-corrected chi connectivity index (χ3v) is 2.18. The summed E-state index contributed by atoms with van der Waals surface area (Å²) in [5.41, 5.74) is -0.227. The van der Waals surface area contributed by atoms with Crippen LogP contribution in [-0.4, -0.2) is 12.6 Å². The molecule has 2 aromatic rings. The van der Waals surface area contributed by atoms with Crippen molar-refractivity contribution in [2.24, 2.45) is 0 Å². The molecule has 0 fully saturated rings. The van der Waals surface area contributed by atoms with Gasteiger partial charge in [0.15, 0.2) is 12.0 Å². The number of alkyl halides is 3. The second-order valence-electron chi connectivity index (χ2n) is 3.51. The van der Waals surface area contributed by atoms with Gasteiger partial charge in [0.05, 0.1) is 5.56 Å². The summed E-state index contributed by atoms with van der Waals surface area (Å²) in [7, 11) is 0. The number of hydrogen-bond acceptors (Lipinski definition) is 3.